The van der Waals surface area contributed by atoms with Gasteiger partial charge < -0.3 is 4.57 Å². The first-order valence-electron chi connectivity index (χ1n) is 8.46. The van der Waals surface area contributed by atoms with Crippen LogP contribution < -0.4 is 5.69 Å². The summed E-state index contributed by atoms with van der Waals surface area (Å²) >= 11 is 6.11. The maximum Gasteiger partial charge on any atom is 0.368 e. The number of carbonyl (C=O) groups excluding carboxylic acids is 1. The van der Waals surface area contributed by atoms with Crippen LogP contribution in [0.1, 0.15) is 40.6 Å². The van der Waals surface area contributed by atoms with Crippen LogP contribution in [-0.2, 0) is 6.54 Å². The number of ketones is 1. The van der Waals surface area contributed by atoms with E-state index in [1.165, 1.54) is 0 Å². The number of Topliss-reactive ketones (excluding diaryl/α,β-unsaturated/α-hetero) is 1. The third-order valence-corrected chi connectivity index (χ3v) is 5.03. The van der Waals surface area contributed by atoms with Crippen LogP contribution in [0.5, 0.6) is 0 Å². The van der Waals surface area contributed by atoms with E-state index >= 15 is 0 Å². The van der Waals surface area contributed by atoms with Gasteiger partial charge in [-0.25, -0.2) is 4.79 Å². The minimum Gasteiger partial charge on any atom is -0.345 e. The number of aryl methyl sites for hydroxylation is 1. The number of benzene rings is 1. The number of para-hydroxylation sites is 1. The van der Waals surface area contributed by atoms with Crippen LogP contribution in [-0.4, -0.2) is 30.1 Å². The molecule has 2 aromatic heterocycles. The molecular weight excluding hydrogens is 354 g/mol. The second-order valence-corrected chi connectivity index (χ2v) is 7.00. The molecule has 0 saturated heterocycles. The van der Waals surface area contributed by atoms with E-state index in [1.54, 1.807) is 24.3 Å². The Balaban J connectivity index is 1.63. The fourth-order valence-corrected chi connectivity index (χ4v) is 3.54. The Kier molecular flexibility index (Phi) is 4.03. The molecule has 2 heterocycles. The second-order valence-electron chi connectivity index (χ2n) is 6.59. The maximum absolute atomic E-state index is 12.7. The predicted octanol–water partition coefficient (Wildman–Crippen LogP) is 2.72. The average molecular weight is 372 g/mol. The lowest BCUT2D eigenvalue weighted by Gasteiger charge is -2.07. The molecule has 3 aromatic rings. The number of tetrazole rings is 1. The molecule has 0 bridgehead atoms. The fraction of sp³-hybridized carbons (Fsp3) is 0.333. The minimum atomic E-state index is -0.498. The molecule has 1 saturated carbocycles. The van der Waals surface area contributed by atoms with Crippen molar-refractivity contribution in [1.82, 2.24) is 24.4 Å². The van der Waals surface area contributed by atoms with Crippen molar-refractivity contribution in [1.29, 1.82) is 0 Å². The number of aromatic nitrogens is 5. The molecule has 4 rings (SSSR count). The van der Waals surface area contributed by atoms with Gasteiger partial charge in [0.05, 0.1) is 10.7 Å². The molecule has 1 aromatic carbocycles. The molecule has 0 unspecified atom stereocenters. The van der Waals surface area contributed by atoms with E-state index in [2.05, 4.69) is 15.0 Å². The number of carbonyl (C=O) groups is 1. The van der Waals surface area contributed by atoms with Crippen LogP contribution in [0.2, 0.25) is 5.02 Å². The zero-order chi connectivity index (χ0) is 18.4. The van der Waals surface area contributed by atoms with Crippen LogP contribution in [0, 0.1) is 13.8 Å². The van der Waals surface area contributed by atoms with E-state index in [9.17, 15) is 9.59 Å². The summed E-state index contributed by atoms with van der Waals surface area (Å²) in [4.78, 5) is 25.3. The van der Waals surface area contributed by atoms with Crippen molar-refractivity contribution in [2.75, 3.05) is 0 Å². The van der Waals surface area contributed by atoms with Gasteiger partial charge in [-0.3, -0.25) is 4.79 Å². The smallest absolute Gasteiger partial charge is 0.345 e. The number of nitrogens with zero attached hydrogens (tertiary/aromatic N) is 5. The lowest BCUT2D eigenvalue weighted by atomic mass is 10.1. The molecule has 8 heteroatoms. The number of rotatable bonds is 5. The zero-order valence-corrected chi connectivity index (χ0v) is 15.3. The molecule has 0 atom stereocenters. The summed E-state index contributed by atoms with van der Waals surface area (Å²) in [5.41, 5.74) is 2.59. The summed E-state index contributed by atoms with van der Waals surface area (Å²) in [7, 11) is 0. The third-order valence-electron chi connectivity index (χ3n) is 4.71. The highest BCUT2D eigenvalue weighted by atomic mass is 35.5. The summed E-state index contributed by atoms with van der Waals surface area (Å²) in [6, 6.07) is 9.25. The standard InChI is InChI=1S/C18H18ClN5O2/c1-11-9-14(12(2)23(11)13-7-8-13)17(25)10-22-18(26)24(21-20-22)16-6-4-3-5-15(16)19/h3-6,9,13H,7-8,10H2,1-2H3. The third kappa shape index (κ3) is 2.78. The van der Waals surface area contributed by atoms with Crippen molar-refractivity contribution in [2.45, 2.75) is 39.3 Å². The monoisotopic (exact) mass is 371 g/mol. The van der Waals surface area contributed by atoms with Gasteiger partial charge in [-0.05, 0) is 55.3 Å². The van der Waals surface area contributed by atoms with Gasteiger partial charge in [-0.1, -0.05) is 23.7 Å². The summed E-state index contributed by atoms with van der Waals surface area (Å²) in [6.07, 6.45) is 2.30. The molecule has 26 heavy (non-hydrogen) atoms. The Hall–Kier alpha value is -2.67. The Morgan fingerprint density at radius 3 is 2.65 bits per heavy atom. The molecule has 1 aliphatic carbocycles. The Morgan fingerprint density at radius 2 is 1.96 bits per heavy atom. The van der Waals surface area contributed by atoms with Gasteiger partial charge in [0.15, 0.2) is 5.78 Å². The largest absolute Gasteiger partial charge is 0.368 e. The fourth-order valence-electron chi connectivity index (χ4n) is 3.32. The van der Waals surface area contributed by atoms with E-state index in [1.807, 2.05) is 19.9 Å². The van der Waals surface area contributed by atoms with Crippen molar-refractivity contribution >= 4 is 17.4 Å². The first kappa shape index (κ1) is 16.8. The molecule has 0 radical (unpaired) electrons. The minimum absolute atomic E-state index is 0.154. The molecule has 1 fully saturated rings. The van der Waals surface area contributed by atoms with Crippen molar-refractivity contribution in [3.8, 4) is 5.69 Å². The SMILES string of the molecule is Cc1cc(C(=O)Cn2nnn(-c3ccccc3Cl)c2=O)c(C)n1C1CC1. The maximum atomic E-state index is 12.7. The zero-order valence-electron chi connectivity index (χ0n) is 14.5. The van der Waals surface area contributed by atoms with Gasteiger partial charge >= 0.3 is 5.69 Å². The second kappa shape index (κ2) is 6.25. The molecule has 0 amide bonds. The first-order chi connectivity index (χ1) is 12.5. The van der Waals surface area contributed by atoms with Crippen LogP contribution in [0.3, 0.4) is 0 Å². The quantitative estimate of drug-likeness (QED) is 0.646. The van der Waals surface area contributed by atoms with Gasteiger partial charge in [0.25, 0.3) is 0 Å². The van der Waals surface area contributed by atoms with Crippen molar-refractivity contribution in [2.24, 2.45) is 0 Å². The Morgan fingerprint density at radius 1 is 1.23 bits per heavy atom. The van der Waals surface area contributed by atoms with E-state index in [-0.39, 0.29) is 12.3 Å². The normalized spacial score (nSPS) is 14.0. The summed E-state index contributed by atoms with van der Waals surface area (Å²) in [5, 5.41) is 8.08. The molecule has 0 aliphatic heterocycles. The molecular formula is C18H18ClN5O2. The van der Waals surface area contributed by atoms with Gasteiger partial charge in [-0.2, -0.15) is 9.36 Å². The lowest BCUT2D eigenvalue weighted by Crippen LogP contribution is -2.27. The summed E-state index contributed by atoms with van der Waals surface area (Å²) < 4.78 is 4.37. The summed E-state index contributed by atoms with van der Waals surface area (Å²) in [5.74, 6) is -0.154. The van der Waals surface area contributed by atoms with Crippen LogP contribution in [0.4, 0.5) is 0 Å². The Bertz CT molecular complexity index is 1060. The van der Waals surface area contributed by atoms with Crippen LogP contribution in [0.15, 0.2) is 35.1 Å². The average Bonchev–Trinajstić information content (AvgIpc) is 3.31. The highest BCUT2D eigenvalue weighted by Gasteiger charge is 2.28. The van der Waals surface area contributed by atoms with Crippen molar-refractivity contribution in [3.63, 3.8) is 0 Å². The van der Waals surface area contributed by atoms with Crippen molar-refractivity contribution in [3.05, 3.63) is 62.8 Å². The number of hydrogen-bond donors (Lipinski definition) is 0. The van der Waals surface area contributed by atoms with Gasteiger partial charge in [0.1, 0.15) is 6.54 Å². The predicted molar refractivity (Wildman–Crippen MR) is 97.1 cm³/mol. The van der Waals surface area contributed by atoms with Gasteiger partial charge in [-0.15, -0.1) is 0 Å². The van der Waals surface area contributed by atoms with Crippen LogP contribution >= 0.6 is 11.6 Å². The lowest BCUT2D eigenvalue weighted by molar-refractivity contribution is 0.0965. The van der Waals surface area contributed by atoms with E-state index < -0.39 is 5.69 Å². The molecule has 1 aliphatic rings. The van der Waals surface area contributed by atoms with Gasteiger partial charge in [0.2, 0.25) is 0 Å². The summed E-state index contributed by atoms with van der Waals surface area (Å²) in [6.45, 7) is 3.79. The number of halogens is 1. The van der Waals surface area contributed by atoms with E-state index in [4.69, 9.17) is 11.6 Å². The first-order valence-corrected chi connectivity index (χ1v) is 8.84. The Labute approximate surface area is 154 Å². The van der Waals surface area contributed by atoms with E-state index in [0.29, 0.717) is 22.3 Å². The van der Waals surface area contributed by atoms with Crippen molar-refractivity contribution < 1.29 is 4.79 Å². The van der Waals surface area contributed by atoms with E-state index in [0.717, 1.165) is 33.6 Å². The molecule has 7 nitrogen and oxygen atoms in total. The molecule has 134 valence electrons. The van der Waals surface area contributed by atoms with Gasteiger partial charge in [0, 0.05) is 23.0 Å². The molecule has 0 spiro atoms. The number of hydrogen-bond acceptors (Lipinski definition) is 4. The van der Waals surface area contributed by atoms with Crippen LogP contribution in [0.25, 0.3) is 5.69 Å². The molecule has 0 N–H and O–H groups in total. The highest BCUT2D eigenvalue weighted by molar-refractivity contribution is 6.32. The highest BCUT2D eigenvalue weighted by Crippen LogP contribution is 2.38. The topological polar surface area (TPSA) is 74.7 Å².